The van der Waals surface area contributed by atoms with Gasteiger partial charge in [0.15, 0.2) is 0 Å². The molecule has 1 aromatic heterocycles. The molecule has 2 rings (SSSR count). The summed E-state index contributed by atoms with van der Waals surface area (Å²) in [6.45, 7) is 6.99. The highest BCUT2D eigenvalue weighted by molar-refractivity contribution is 7.18. The van der Waals surface area contributed by atoms with Gasteiger partial charge in [0.1, 0.15) is 0 Å². The van der Waals surface area contributed by atoms with Gasteiger partial charge in [-0.3, -0.25) is 0 Å². The first kappa shape index (κ1) is 15.7. The van der Waals surface area contributed by atoms with Crippen molar-refractivity contribution in [2.75, 3.05) is 25.0 Å². The molecule has 2 aromatic rings. The molecule has 1 aromatic carbocycles. The smallest absolute Gasteiger partial charge is 0.321 e. The number of nitrogens with one attached hydrogen (secondary N) is 1. The van der Waals surface area contributed by atoms with E-state index in [1.54, 1.807) is 16.2 Å². The number of thiazole rings is 1. The number of aliphatic hydroxyl groups excluding tert-OH is 1. The maximum Gasteiger partial charge on any atom is 0.321 e. The second-order valence-corrected chi connectivity index (χ2v) is 6.18. The van der Waals surface area contributed by atoms with Crippen LogP contribution in [-0.4, -0.2) is 40.7 Å². The second-order valence-electron chi connectivity index (χ2n) is 5.12. The summed E-state index contributed by atoms with van der Waals surface area (Å²) in [5, 5.41) is 12.9. The van der Waals surface area contributed by atoms with Crippen molar-refractivity contribution in [2.45, 2.75) is 26.7 Å². The molecular formula is C15H21N3O2S. The minimum atomic E-state index is -0.195. The van der Waals surface area contributed by atoms with E-state index >= 15 is 0 Å². The van der Waals surface area contributed by atoms with E-state index in [1.165, 1.54) is 0 Å². The average molecular weight is 307 g/mol. The van der Waals surface area contributed by atoms with E-state index in [9.17, 15) is 4.79 Å². The van der Waals surface area contributed by atoms with E-state index in [2.05, 4.69) is 24.1 Å². The Morgan fingerprint density at radius 3 is 2.86 bits per heavy atom. The Morgan fingerprint density at radius 2 is 2.24 bits per heavy atom. The molecule has 2 amide bonds. The van der Waals surface area contributed by atoms with Gasteiger partial charge in [-0.25, -0.2) is 9.78 Å². The van der Waals surface area contributed by atoms with Crippen LogP contribution in [0.3, 0.4) is 0 Å². The van der Waals surface area contributed by atoms with Gasteiger partial charge in [-0.2, -0.15) is 0 Å². The third-order valence-electron chi connectivity index (χ3n) is 3.19. The van der Waals surface area contributed by atoms with Crippen molar-refractivity contribution in [3.05, 3.63) is 23.2 Å². The van der Waals surface area contributed by atoms with Crippen molar-refractivity contribution in [2.24, 2.45) is 0 Å². The summed E-state index contributed by atoms with van der Waals surface area (Å²) in [6, 6.07) is 5.54. The van der Waals surface area contributed by atoms with Crippen molar-refractivity contribution >= 4 is 33.3 Å². The molecule has 0 radical (unpaired) electrons. The summed E-state index contributed by atoms with van der Waals surface area (Å²) < 4.78 is 1.07. The number of anilines is 1. The highest BCUT2D eigenvalue weighted by Crippen LogP contribution is 2.29. The zero-order chi connectivity index (χ0) is 15.4. The molecule has 0 saturated carbocycles. The van der Waals surface area contributed by atoms with Crippen LogP contribution < -0.4 is 5.32 Å². The lowest BCUT2D eigenvalue weighted by molar-refractivity contribution is 0.192. The van der Waals surface area contributed by atoms with Crippen LogP contribution in [0.25, 0.3) is 10.2 Å². The van der Waals surface area contributed by atoms with Crippen molar-refractivity contribution in [1.29, 1.82) is 0 Å². The Morgan fingerprint density at radius 1 is 1.48 bits per heavy atom. The number of fused-ring (bicyclic) bond motifs is 1. The predicted octanol–water partition coefficient (Wildman–Crippen LogP) is 3.27. The average Bonchev–Trinajstić information content (AvgIpc) is 2.88. The van der Waals surface area contributed by atoms with E-state index in [-0.39, 0.29) is 12.6 Å². The van der Waals surface area contributed by atoms with E-state index in [4.69, 9.17) is 5.11 Å². The highest BCUT2D eigenvalue weighted by Gasteiger charge is 2.12. The van der Waals surface area contributed by atoms with Gasteiger partial charge in [0.05, 0.1) is 21.8 Å². The van der Waals surface area contributed by atoms with Gasteiger partial charge in [0.2, 0.25) is 0 Å². The summed E-state index contributed by atoms with van der Waals surface area (Å²) in [6.07, 6.45) is 0. The Bertz CT molecular complexity index is 624. The SMILES string of the molecule is CCN(CCO)C(=O)Nc1ccc2nc(C(C)C)sc2c1. The van der Waals surface area contributed by atoms with E-state index in [0.717, 1.165) is 20.9 Å². The van der Waals surface area contributed by atoms with Crippen LogP contribution in [-0.2, 0) is 0 Å². The van der Waals surface area contributed by atoms with Gasteiger partial charge in [-0.15, -0.1) is 11.3 Å². The van der Waals surface area contributed by atoms with E-state index in [0.29, 0.717) is 19.0 Å². The Balaban J connectivity index is 2.17. The molecule has 0 saturated heterocycles. The first-order valence-corrected chi connectivity index (χ1v) is 7.94. The molecule has 0 atom stereocenters. The van der Waals surface area contributed by atoms with Crippen LogP contribution in [0.4, 0.5) is 10.5 Å². The zero-order valence-electron chi connectivity index (χ0n) is 12.6. The number of carbonyl (C=O) groups excluding carboxylic acids is 1. The molecule has 5 nitrogen and oxygen atoms in total. The number of benzene rings is 1. The zero-order valence-corrected chi connectivity index (χ0v) is 13.4. The molecule has 21 heavy (non-hydrogen) atoms. The quantitative estimate of drug-likeness (QED) is 0.891. The lowest BCUT2D eigenvalue weighted by atomic mass is 10.2. The molecule has 0 spiro atoms. The second kappa shape index (κ2) is 6.87. The molecule has 6 heteroatoms. The summed E-state index contributed by atoms with van der Waals surface area (Å²) in [5.41, 5.74) is 1.72. The fourth-order valence-corrected chi connectivity index (χ4v) is 3.00. The van der Waals surface area contributed by atoms with Gasteiger partial charge in [0, 0.05) is 24.7 Å². The van der Waals surface area contributed by atoms with Crippen molar-refractivity contribution in [3.8, 4) is 0 Å². The summed E-state index contributed by atoms with van der Waals surface area (Å²) in [5.74, 6) is 0.403. The largest absolute Gasteiger partial charge is 0.395 e. The van der Waals surface area contributed by atoms with Crippen LogP contribution in [0.1, 0.15) is 31.7 Å². The van der Waals surface area contributed by atoms with Crippen LogP contribution in [0, 0.1) is 0 Å². The van der Waals surface area contributed by atoms with E-state index < -0.39 is 0 Å². The predicted molar refractivity (Wildman–Crippen MR) is 87.1 cm³/mol. The molecular weight excluding hydrogens is 286 g/mol. The van der Waals surface area contributed by atoms with E-state index in [1.807, 2.05) is 25.1 Å². The third kappa shape index (κ3) is 3.71. The van der Waals surface area contributed by atoms with Gasteiger partial charge in [0.25, 0.3) is 0 Å². The Labute approximate surface area is 128 Å². The number of carbonyl (C=O) groups is 1. The number of hydrogen-bond donors (Lipinski definition) is 2. The number of aliphatic hydroxyl groups is 1. The normalized spacial score (nSPS) is 11.1. The van der Waals surface area contributed by atoms with Gasteiger partial charge in [-0.1, -0.05) is 13.8 Å². The van der Waals surface area contributed by atoms with Crippen LogP contribution in [0.15, 0.2) is 18.2 Å². The topological polar surface area (TPSA) is 65.5 Å². The minimum Gasteiger partial charge on any atom is -0.395 e. The molecule has 0 bridgehead atoms. The number of amides is 2. The fourth-order valence-electron chi connectivity index (χ4n) is 1.99. The number of aromatic nitrogens is 1. The Kier molecular flexibility index (Phi) is 5.14. The Hall–Kier alpha value is -1.66. The van der Waals surface area contributed by atoms with Crippen LogP contribution in [0.5, 0.6) is 0 Å². The number of rotatable bonds is 5. The molecule has 114 valence electrons. The first-order chi connectivity index (χ1) is 10.0. The molecule has 0 unspecified atom stereocenters. The molecule has 2 N–H and O–H groups in total. The van der Waals surface area contributed by atoms with Crippen LogP contribution in [0.2, 0.25) is 0 Å². The monoisotopic (exact) mass is 307 g/mol. The molecule has 0 aliphatic rings. The lowest BCUT2D eigenvalue weighted by Gasteiger charge is -2.20. The molecule has 1 heterocycles. The molecule has 0 aliphatic heterocycles. The fraction of sp³-hybridized carbons (Fsp3) is 0.467. The standard InChI is InChI=1S/C15H21N3O2S/c1-4-18(7-8-19)15(20)16-11-5-6-12-13(9-11)21-14(17-12)10(2)3/h5-6,9-10,19H,4,7-8H2,1-3H3,(H,16,20). The number of likely N-dealkylation sites (N-methyl/N-ethyl adjacent to an activating group) is 1. The first-order valence-electron chi connectivity index (χ1n) is 7.12. The van der Waals surface area contributed by atoms with Crippen molar-refractivity contribution in [3.63, 3.8) is 0 Å². The highest BCUT2D eigenvalue weighted by atomic mass is 32.1. The number of nitrogens with zero attached hydrogens (tertiary/aromatic N) is 2. The molecule has 0 aliphatic carbocycles. The van der Waals surface area contributed by atoms with Gasteiger partial charge < -0.3 is 15.3 Å². The lowest BCUT2D eigenvalue weighted by Crippen LogP contribution is -2.36. The van der Waals surface area contributed by atoms with Gasteiger partial charge in [-0.05, 0) is 25.1 Å². The van der Waals surface area contributed by atoms with Crippen molar-refractivity contribution < 1.29 is 9.90 Å². The van der Waals surface area contributed by atoms with Crippen molar-refractivity contribution in [1.82, 2.24) is 9.88 Å². The summed E-state index contributed by atoms with van der Waals surface area (Å²) >= 11 is 1.66. The maximum absolute atomic E-state index is 12.1. The third-order valence-corrected chi connectivity index (χ3v) is 4.51. The summed E-state index contributed by atoms with van der Waals surface area (Å²) in [7, 11) is 0. The number of urea groups is 1. The van der Waals surface area contributed by atoms with Gasteiger partial charge >= 0.3 is 6.03 Å². The van der Waals surface area contributed by atoms with Crippen LogP contribution >= 0.6 is 11.3 Å². The summed E-state index contributed by atoms with van der Waals surface area (Å²) in [4.78, 5) is 18.2. The number of hydrogen-bond acceptors (Lipinski definition) is 4. The maximum atomic E-state index is 12.1. The molecule has 0 fully saturated rings. The minimum absolute atomic E-state index is 0.0348.